The van der Waals surface area contributed by atoms with E-state index in [1.54, 1.807) is 0 Å². The van der Waals surface area contributed by atoms with Gasteiger partial charge in [0.2, 0.25) is 0 Å². The topological polar surface area (TPSA) is 20.2 Å². The Balaban J connectivity index is 3.47. The Hall–Kier alpha value is 1.61. The van der Waals surface area contributed by atoms with Gasteiger partial charge >= 0.3 is 48.6 Å². The van der Waals surface area contributed by atoms with Crippen molar-refractivity contribution in [2.75, 3.05) is 0 Å². The van der Waals surface area contributed by atoms with E-state index in [0.29, 0.717) is 0 Å². The molecular weight excluding hydrogens is 190 g/mol. The van der Waals surface area contributed by atoms with Crippen molar-refractivity contribution >= 4 is 43.7 Å². The summed E-state index contributed by atoms with van der Waals surface area (Å²) in [6.45, 7) is 0. The molecule has 32 valence electrons. The minimum atomic E-state index is -2.12. The van der Waals surface area contributed by atoms with Gasteiger partial charge in [0, 0.05) is 0 Å². The fraction of sp³-hybridized carbons (Fsp3) is 0. The number of hydrogen-bond donors (Lipinski definition) is 3. The molecule has 0 radical (unpaired) electrons. The number of hydrogen-bond acceptors (Lipinski definition) is 3. The third kappa shape index (κ3) is 28.2. The molecule has 1 N–H and O–H groups in total. The summed E-state index contributed by atoms with van der Waals surface area (Å²) in [4.78, 5) is 8.30. The molecule has 5 heavy (non-hydrogen) atoms. The van der Waals surface area contributed by atoms with Crippen LogP contribution in [-0.2, 0) is 0 Å². The second kappa shape index (κ2) is 2.06. The maximum absolute atomic E-state index is 8.30. The van der Waals surface area contributed by atoms with Gasteiger partial charge in [-0.25, -0.2) is 0 Å². The van der Waals surface area contributed by atoms with Crippen molar-refractivity contribution in [3.05, 3.63) is 0 Å². The molecule has 0 aromatic rings. The summed E-state index contributed by atoms with van der Waals surface area (Å²) >= 11 is 9.57. The summed E-state index contributed by atoms with van der Waals surface area (Å²) in [7, 11) is 0. The second-order valence-electron chi connectivity index (χ2n) is 0.513. The van der Waals surface area contributed by atoms with Crippen LogP contribution in [0.15, 0.2) is 0 Å². The molecule has 0 aliphatic heterocycles. The van der Waals surface area contributed by atoms with Gasteiger partial charge in [0.15, 0.2) is 0 Å². The molecule has 0 bridgehead atoms. The van der Waals surface area contributed by atoms with Crippen LogP contribution in [0.25, 0.3) is 0 Å². The molecule has 0 aromatic heterocycles. The number of rotatable bonds is 0. The van der Waals surface area contributed by atoms with Gasteiger partial charge in [-0.1, -0.05) is 0 Å². The van der Waals surface area contributed by atoms with Crippen LogP contribution in [0, 0.1) is 0 Å². The molecule has 0 saturated carbocycles. The van der Waals surface area contributed by atoms with E-state index in [-0.39, 0.29) is 0 Å². The van der Waals surface area contributed by atoms with Gasteiger partial charge in [-0.05, 0) is 0 Å². The van der Waals surface area contributed by atoms with Crippen LogP contribution < -0.4 is 0 Å². The first-order chi connectivity index (χ1) is 2.00. The Labute approximate surface area is 48.8 Å². The van der Waals surface area contributed by atoms with E-state index < -0.39 is 4.14 Å². The zero-order valence-electron chi connectivity index (χ0n) is 2.20. The predicted octanol–water partition coefficient (Wildman–Crippen LogP) is 0.684. The normalized spacial score (nSPS) is 11.8. The minimum absolute atomic E-state index is 2.12. The fourth-order valence-corrected chi connectivity index (χ4v) is 0. The van der Waals surface area contributed by atoms with Crippen molar-refractivity contribution < 1.29 is 4.89 Å². The van der Waals surface area contributed by atoms with E-state index in [1.807, 2.05) is 0 Å². The molecular formula is H3OPS2Se. The third-order valence-electron chi connectivity index (χ3n) is 0. The maximum atomic E-state index is 8.30. The molecule has 0 aliphatic carbocycles. The first-order valence-corrected chi connectivity index (χ1v) is 7.05. The van der Waals surface area contributed by atoms with E-state index >= 15 is 0 Å². The van der Waals surface area contributed by atoms with Crippen LogP contribution in [0.2, 0.25) is 0 Å². The zero-order valence-corrected chi connectivity index (χ0v) is 6.59. The van der Waals surface area contributed by atoms with Crippen molar-refractivity contribution in [3.8, 4) is 0 Å². The third-order valence-corrected chi connectivity index (χ3v) is 0. The van der Waals surface area contributed by atoms with E-state index in [1.165, 1.54) is 0 Å². The number of thiol groups is 2. The Kier molecular flexibility index (Phi) is 2.72. The summed E-state index contributed by atoms with van der Waals surface area (Å²) in [5.74, 6) is 0. The SMILES string of the molecule is OP(S)(S)=[Se]. The quantitative estimate of drug-likeness (QED) is 0.293. The van der Waals surface area contributed by atoms with Crippen molar-refractivity contribution in [2.45, 2.75) is 0 Å². The summed E-state index contributed by atoms with van der Waals surface area (Å²) in [6.07, 6.45) is 0. The van der Waals surface area contributed by atoms with Gasteiger partial charge in [0.05, 0.1) is 0 Å². The molecule has 0 aromatic carbocycles. The average molecular weight is 193 g/mol. The summed E-state index contributed by atoms with van der Waals surface area (Å²) in [5.41, 5.74) is 0. The molecule has 0 saturated heterocycles. The van der Waals surface area contributed by atoms with Gasteiger partial charge in [-0.15, -0.1) is 0 Å². The van der Waals surface area contributed by atoms with Crippen molar-refractivity contribution in [2.24, 2.45) is 0 Å². The van der Waals surface area contributed by atoms with Crippen LogP contribution in [0.4, 0.5) is 0 Å². The monoisotopic (exact) mass is 194 g/mol. The van der Waals surface area contributed by atoms with Gasteiger partial charge < -0.3 is 0 Å². The Bertz CT molecular complexity index is 55.8. The standard InChI is InChI=1S/H3OPS2Se/c1-2(3,4)5/h(H3,1,3,4,5). The summed E-state index contributed by atoms with van der Waals surface area (Å²) in [6, 6.07) is 0. The first-order valence-electron chi connectivity index (χ1n) is 0.783. The van der Waals surface area contributed by atoms with Crippen LogP contribution >= 0.6 is 28.6 Å². The average Bonchev–Trinajstić information content (AvgIpc) is 0.722. The van der Waals surface area contributed by atoms with Gasteiger partial charge in [0.25, 0.3) is 0 Å². The Morgan fingerprint density at radius 2 is 1.60 bits per heavy atom. The molecule has 5 heteroatoms. The molecule has 0 aliphatic rings. The second-order valence-corrected chi connectivity index (χ2v) is 12.9. The molecule has 0 fully saturated rings. The zero-order chi connectivity index (χ0) is 4.50. The van der Waals surface area contributed by atoms with E-state index in [0.717, 1.165) is 0 Å². The van der Waals surface area contributed by atoms with Gasteiger partial charge in [0.1, 0.15) is 0 Å². The Morgan fingerprint density at radius 1 is 1.60 bits per heavy atom. The van der Waals surface area contributed by atoms with Crippen molar-refractivity contribution in [1.29, 1.82) is 0 Å². The molecule has 0 heterocycles. The van der Waals surface area contributed by atoms with Gasteiger partial charge in [-0.2, -0.15) is 0 Å². The van der Waals surface area contributed by atoms with E-state index in [9.17, 15) is 0 Å². The summed E-state index contributed by atoms with van der Waals surface area (Å²) in [5, 5.41) is 0. The van der Waals surface area contributed by atoms with Crippen LogP contribution in [0.1, 0.15) is 0 Å². The van der Waals surface area contributed by atoms with Crippen LogP contribution in [-0.4, -0.2) is 20.0 Å². The van der Waals surface area contributed by atoms with Crippen molar-refractivity contribution in [1.82, 2.24) is 0 Å². The molecule has 1 nitrogen and oxygen atoms in total. The van der Waals surface area contributed by atoms with E-state index in [2.05, 4.69) is 39.6 Å². The summed E-state index contributed by atoms with van der Waals surface area (Å²) < 4.78 is -2.12. The first kappa shape index (κ1) is 6.61. The van der Waals surface area contributed by atoms with Crippen molar-refractivity contribution in [3.63, 3.8) is 0 Å². The molecule has 0 rings (SSSR count). The van der Waals surface area contributed by atoms with E-state index in [4.69, 9.17) is 4.89 Å². The van der Waals surface area contributed by atoms with Gasteiger partial charge in [-0.3, -0.25) is 0 Å². The van der Waals surface area contributed by atoms with Crippen LogP contribution in [0.5, 0.6) is 0 Å². The molecule has 0 spiro atoms. The molecule has 0 unspecified atom stereocenters. The predicted molar refractivity (Wildman–Crippen MR) is 32.9 cm³/mol. The van der Waals surface area contributed by atoms with Crippen LogP contribution in [0.3, 0.4) is 0 Å². The fourth-order valence-electron chi connectivity index (χ4n) is 0. The molecule has 0 atom stereocenters. The molecule has 0 amide bonds. The Morgan fingerprint density at radius 3 is 1.60 bits per heavy atom.